The van der Waals surface area contributed by atoms with Gasteiger partial charge in [-0.05, 0) is 47.5 Å². The van der Waals surface area contributed by atoms with Gasteiger partial charge in [0.1, 0.15) is 18.1 Å². The standard InChI is InChI=1S/C28H28N2O9/c1-34-23-10-7-18(11-22(23)30-28(33)38-15-17-5-8-20(9-6-17)39-16-31)21(14-29)26(32)19-12-24(35-2)27(37-4)25(13-19)36-3/h5-14,16H,15,29H2,1-4H3,(H,30,33). The number of ketones is 1. The van der Waals surface area contributed by atoms with Crippen LogP contribution in [0.3, 0.4) is 0 Å². The maximum Gasteiger partial charge on any atom is 0.412 e. The molecule has 3 aromatic rings. The van der Waals surface area contributed by atoms with Crippen molar-refractivity contribution in [2.75, 3.05) is 33.8 Å². The largest absolute Gasteiger partial charge is 0.495 e. The van der Waals surface area contributed by atoms with Crippen LogP contribution >= 0.6 is 0 Å². The molecule has 0 radical (unpaired) electrons. The predicted molar refractivity (Wildman–Crippen MR) is 143 cm³/mol. The Labute approximate surface area is 225 Å². The number of anilines is 1. The Morgan fingerprint density at radius 3 is 2.00 bits per heavy atom. The number of nitrogens with one attached hydrogen (secondary N) is 1. The molecule has 11 heteroatoms. The first-order chi connectivity index (χ1) is 18.9. The smallest absolute Gasteiger partial charge is 0.412 e. The fraction of sp³-hybridized carbons (Fsp3) is 0.179. The van der Waals surface area contributed by atoms with Gasteiger partial charge in [0, 0.05) is 17.3 Å². The molecule has 0 saturated carbocycles. The highest BCUT2D eigenvalue weighted by Gasteiger charge is 2.21. The molecule has 0 spiro atoms. The quantitative estimate of drug-likeness (QED) is 0.196. The molecule has 0 aliphatic carbocycles. The van der Waals surface area contributed by atoms with Crippen LogP contribution in [0.4, 0.5) is 10.5 Å². The number of hydrogen-bond donors (Lipinski definition) is 2. The predicted octanol–water partition coefficient (Wildman–Crippen LogP) is 4.19. The number of rotatable bonds is 12. The monoisotopic (exact) mass is 536 g/mol. The van der Waals surface area contributed by atoms with Gasteiger partial charge in [-0.2, -0.15) is 0 Å². The molecule has 0 aliphatic heterocycles. The summed E-state index contributed by atoms with van der Waals surface area (Å²) in [5.74, 6) is 1.24. The lowest BCUT2D eigenvalue weighted by atomic mass is 9.96. The molecule has 39 heavy (non-hydrogen) atoms. The molecule has 3 rings (SSSR count). The molecule has 204 valence electrons. The molecule has 3 N–H and O–H groups in total. The maximum atomic E-state index is 13.5. The number of hydrogen-bond acceptors (Lipinski definition) is 10. The lowest BCUT2D eigenvalue weighted by molar-refractivity contribution is -0.120. The molecule has 0 bridgehead atoms. The van der Waals surface area contributed by atoms with Crippen LogP contribution in [0.5, 0.6) is 28.7 Å². The van der Waals surface area contributed by atoms with Crippen molar-refractivity contribution in [3.05, 3.63) is 77.5 Å². The van der Waals surface area contributed by atoms with E-state index in [9.17, 15) is 14.4 Å². The van der Waals surface area contributed by atoms with Crippen LogP contribution < -0.4 is 34.7 Å². The summed E-state index contributed by atoms with van der Waals surface area (Å²) >= 11 is 0. The number of carbonyl (C=O) groups excluding carboxylic acids is 3. The number of ether oxygens (including phenoxy) is 6. The van der Waals surface area contributed by atoms with Crippen LogP contribution in [0, 0.1) is 0 Å². The maximum absolute atomic E-state index is 13.5. The Hall–Kier alpha value is -5.19. The highest BCUT2D eigenvalue weighted by atomic mass is 16.6. The van der Waals surface area contributed by atoms with Crippen molar-refractivity contribution in [2.45, 2.75) is 6.61 Å². The zero-order valence-corrected chi connectivity index (χ0v) is 21.8. The molecule has 11 nitrogen and oxygen atoms in total. The van der Waals surface area contributed by atoms with Gasteiger partial charge in [0.2, 0.25) is 5.75 Å². The second-order valence-corrected chi connectivity index (χ2v) is 7.80. The average Bonchev–Trinajstić information content (AvgIpc) is 2.96. The second kappa shape index (κ2) is 13.4. The molecule has 0 unspecified atom stereocenters. The van der Waals surface area contributed by atoms with E-state index in [0.717, 1.165) is 0 Å². The summed E-state index contributed by atoms with van der Waals surface area (Å²) in [4.78, 5) is 36.4. The summed E-state index contributed by atoms with van der Waals surface area (Å²) in [5.41, 5.74) is 7.61. The summed E-state index contributed by atoms with van der Waals surface area (Å²) < 4.78 is 31.4. The fourth-order valence-electron chi connectivity index (χ4n) is 3.66. The number of allylic oxidation sites excluding steroid dienone is 1. The van der Waals surface area contributed by atoms with Crippen molar-refractivity contribution in [1.29, 1.82) is 0 Å². The van der Waals surface area contributed by atoms with E-state index in [2.05, 4.69) is 5.32 Å². The van der Waals surface area contributed by atoms with Crippen molar-refractivity contribution in [3.63, 3.8) is 0 Å². The molecule has 0 saturated heterocycles. The molecule has 0 fully saturated rings. The van der Waals surface area contributed by atoms with E-state index in [1.807, 2.05) is 0 Å². The Morgan fingerprint density at radius 1 is 0.821 bits per heavy atom. The van der Waals surface area contributed by atoms with Crippen molar-refractivity contribution in [3.8, 4) is 28.7 Å². The number of nitrogens with two attached hydrogens (primary N) is 1. The fourth-order valence-corrected chi connectivity index (χ4v) is 3.66. The van der Waals surface area contributed by atoms with Crippen LogP contribution in [0.2, 0.25) is 0 Å². The lowest BCUT2D eigenvalue weighted by Gasteiger charge is -2.16. The molecule has 1 amide bonds. The molecular weight excluding hydrogens is 508 g/mol. The van der Waals surface area contributed by atoms with E-state index in [1.54, 1.807) is 42.5 Å². The van der Waals surface area contributed by atoms with E-state index >= 15 is 0 Å². The Kier molecular flexibility index (Phi) is 9.74. The zero-order chi connectivity index (χ0) is 28.4. The number of benzene rings is 3. The summed E-state index contributed by atoms with van der Waals surface area (Å²) in [7, 11) is 5.80. The minimum absolute atomic E-state index is 0.0389. The van der Waals surface area contributed by atoms with Crippen LogP contribution in [-0.4, -0.2) is 46.8 Å². The molecular formula is C28H28N2O9. The van der Waals surface area contributed by atoms with Crippen LogP contribution in [0.1, 0.15) is 21.5 Å². The first-order valence-corrected chi connectivity index (χ1v) is 11.5. The number of amides is 1. The lowest BCUT2D eigenvalue weighted by Crippen LogP contribution is -2.15. The highest BCUT2D eigenvalue weighted by Crippen LogP contribution is 2.39. The van der Waals surface area contributed by atoms with E-state index in [-0.39, 0.29) is 23.4 Å². The molecule has 0 heterocycles. The van der Waals surface area contributed by atoms with E-state index in [1.165, 1.54) is 46.8 Å². The van der Waals surface area contributed by atoms with Gasteiger partial charge in [-0.15, -0.1) is 0 Å². The minimum Gasteiger partial charge on any atom is -0.495 e. The van der Waals surface area contributed by atoms with Gasteiger partial charge in [-0.3, -0.25) is 14.9 Å². The molecule has 0 aliphatic rings. The minimum atomic E-state index is -0.757. The van der Waals surface area contributed by atoms with Gasteiger partial charge in [-0.25, -0.2) is 4.79 Å². The summed E-state index contributed by atoms with van der Waals surface area (Å²) in [6, 6.07) is 14.2. The Morgan fingerprint density at radius 2 is 1.46 bits per heavy atom. The first-order valence-electron chi connectivity index (χ1n) is 11.5. The van der Waals surface area contributed by atoms with Crippen molar-refractivity contribution in [2.24, 2.45) is 5.73 Å². The third-order valence-electron chi connectivity index (χ3n) is 5.56. The molecule has 0 aromatic heterocycles. The van der Waals surface area contributed by atoms with Crippen molar-refractivity contribution in [1.82, 2.24) is 0 Å². The van der Waals surface area contributed by atoms with Gasteiger partial charge in [-0.1, -0.05) is 18.2 Å². The second-order valence-electron chi connectivity index (χ2n) is 7.80. The molecule has 3 aromatic carbocycles. The van der Waals surface area contributed by atoms with Crippen molar-refractivity contribution < 1.29 is 42.8 Å². The van der Waals surface area contributed by atoms with Gasteiger partial charge < -0.3 is 34.2 Å². The third-order valence-corrected chi connectivity index (χ3v) is 5.56. The number of carbonyl (C=O) groups is 3. The third kappa shape index (κ3) is 6.77. The SMILES string of the molecule is COc1ccc(C(=CN)C(=O)c2cc(OC)c(OC)c(OC)c2)cc1NC(=O)OCc1ccc(OC=O)cc1. The van der Waals surface area contributed by atoms with Gasteiger partial charge in [0.15, 0.2) is 17.3 Å². The summed E-state index contributed by atoms with van der Waals surface area (Å²) in [6.45, 7) is 0.284. The van der Waals surface area contributed by atoms with Gasteiger partial charge >= 0.3 is 6.09 Å². The summed E-state index contributed by atoms with van der Waals surface area (Å²) in [5, 5.41) is 2.62. The van der Waals surface area contributed by atoms with Gasteiger partial charge in [0.05, 0.1) is 34.1 Å². The first kappa shape index (κ1) is 28.4. The zero-order valence-electron chi connectivity index (χ0n) is 21.8. The van der Waals surface area contributed by atoms with E-state index in [0.29, 0.717) is 46.3 Å². The van der Waals surface area contributed by atoms with Crippen LogP contribution in [0.25, 0.3) is 5.57 Å². The normalized spacial score (nSPS) is 10.7. The van der Waals surface area contributed by atoms with E-state index < -0.39 is 11.9 Å². The topological polar surface area (TPSA) is 145 Å². The van der Waals surface area contributed by atoms with E-state index in [4.69, 9.17) is 34.2 Å². The van der Waals surface area contributed by atoms with Crippen LogP contribution in [-0.2, 0) is 16.1 Å². The number of Topliss-reactive ketones (excluding diaryl/α,β-unsaturated/α-hetero) is 1. The average molecular weight is 537 g/mol. The number of methoxy groups -OCH3 is 4. The van der Waals surface area contributed by atoms with Crippen LogP contribution in [0.15, 0.2) is 60.8 Å². The van der Waals surface area contributed by atoms with Crippen molar-refractivity contribution >= 4 is 29.6 Å². The Balaban J connectivity index is 1.82. The molecule has 0 atom stereocenters. The highest BCUT2D eigenvalue weighted by molar-refractivity contribution is 6.29. The summed E-state index contributed by atoms with van der Waals surface area (Å²) in [6.07, 6.45) is 0.417. The Bertz CT molecular complexity index is 1340. The van der Waals surface area contributed by atoms with Gasteiger partial charge in [0.25, 0.3) is 6.47 Å².